The van der Waals surface area contributed by atoms with Crippen LogP contribution < -0.4 is 10.4 Å². The van der Waals surface area contributed by atoms with Crippen molar-refractivity contribution in [2.24, 2.45) is 0 Å². The zero-order valence-corrected chi connectivity index (χ0v) is 18.8. The number of hydrogen-bond donors (Lipinski definition) is 0. The number of aromatic nitrogens is 3. The Labute approximate surface area is 183 Å². The van der Waals surface area contributed by atoms with Crippen molar-refractivity contribution in [3.63, 3.8) is 0 Å². The van der Waals surface area contributed by atoms with Gasteiger partial charge in [-0.05, 0) is 36.6 Å². The molecule has 0 aliphatic carbocycles. The molecule has 0 radical (unpaired) electrons. The van der Waals surface area contributed by atoms with Crippen molar-refractivity contribution in [2.75, 3.05) is 5.75 Å². The predicted octanol–water partition coefficient (Wildman–Crippen LogP) is 4.83. The molecule has 2 heterocycles. The minimum Gasteiger partial charge on any atom is -0.303 e. The number of fused-ring (bicyclic) bond motifs is 1. The van der Waals surface area contributed by atoms with Crippen LogP contribution in [0.25, 0.3) is 16.6 Å². The van der Waals surface area contributed by atoms with Crippen LogP contribution in [0.1, 0.15) is 31.0 Å². The Hall–Kier alpha value is -2.64. The first-order valence-electron chi connectivity index (χ1n) is 9.86. The number of benzene rings is 2. The van der Waals surface area contributed by atoms with Gasteiger partial charge >= 0.3 is 4.87 Å². The van der Waals surface area contributed by atoms with E-state index in [4.69, 9.17) is 4.98 Å². The van der Waals surface area contributed by atoms with Crippen molar-refractivity contribution in [2.45, 2.75) is 38.4 Å². The molecule has 4 aromatic rings. The summed E-state index contributed by atoms with van der Waals surface area (Å²) in [5, 5.41) is 3.12. The molecule has 0 aliphatic rings. The third-order valence-electron chi connectivity index (χ3n) is 5.07. The summed E-state index contributed by atoms with van der Waals surface area (Å²) < 4.78 is 3.49. The van der Waals surface area contributed by atoms with Gasteiger partial charge in [0.2, 0.25) is 0 Å². The van der Waals surface area contributed by atoms with Crippen LogP contribution in [0.15, 0.2) is 68.7 Å². The van der Waals surface area contributed by atoms with Crippen molar-refractivity contribution < 1.29 is 0 Å². The zero-order chi connectivity index (χ0) is 21.3. The van der Waals surface area contributed by atoms with Crippen molar-refractivity contribution >= 4 is 34.0 Å². The average molecular weight is 438 g/mol. The highest BCUT2D eigenvalue weighted by Crippen LogP contribution is 2.27. The highest BCUT2D eigenvalue weighted by atomic mass is 32.2. The molecule has 0 unspecified atom stereocenters. The van der Waals surface area contributed by atoms with Gasteiger partial charge < -0.3 is 4.57 Å². The Balaban J connectivity index is 1.81. The van der Waals surface area contributed by atoms with E-state index in [1.807, 2.05) is 54.8 Å². The molecule has 0 aliphatic heterocycles. The maximum atomic E-state index is 13.5. The average Bonchev–Trinajstić information content (AvgIpc) is 3.06. The molecule has 2 aromatic heterocycles. The fraction of sp³-hybridized carbons (Fsp3) is 0.261. The maximum absolute atomic E-state index is 13.5. The number of rotatable bonds is 6. The summed E-state index contributed by atoms with van der Waals surface area (Å²) in [4.78, 5) is 30.4. The van der Waals surface area contributed by atoms with Gasteiger partial charge in [0.05, 0.1) is 16.6 Å². The molecule has 0 bridgehead atoms. The normalized spacial score (nSPS) is 11.5. The fourth-order valence-electron chi connectivity index (χ4n) is 3.50. The second-order valence-electron chi connectivity index (χ2n) is 7.41. The van der Waals surface area contributed by atoms with Crippen molar-refractivity contribution in [3.8, 4) is 5.69 Å². The monoisotopic (exact) mass is 437 g/mol. The van der Waals surface area contributed by atoms with Gasteiger partial charge in [-0.3, -0.25) is 14.2 Å². The third-order valence-corrected chi connectivity index (χ3v) is 6.87. The molecule has 0 atom stereocenters. The number of para-hydroxylation sites is 2. The van der Waals surface area contributed by atoms with E-state index in [-0.39, 0.29) is 16.4 Å². The molecule has 5 nitrogen and oxygen atoms in total. The number of hydrogen-bond acceptors (Lipinski definition) is 5. The molecular weight excluding hydrogens is 414 g/mol. The van der Waals surface area contributed by atoms with Gasteiger partial charge in [-0.1, -0.05) is 67.3 Å². The van der Waals surface area contributed by atoms with Gasteiger partial charge in [-0.2, -0.15) is 0 Å². The van der Waals surface area contributed by atoms with Crippen LogP contribution >= 0.6 is 23.1 Å². The van der Waals surface area contributed by atoms with E-state index in [0.717, 1.165) is 16.9 Å². The van der Waals surface area contributed by atoms with E-state index in [9.17, 15) is 9.59 Å². The van der Waals surface area contributed by atoms with Crippen LogP contribution in [0, 0.1) is 6.92 Å². The molecule has 7 heteroatoms. The molecule has 154 valence electrons. The van der Waals surface area contributed by atoms with Gasteiger partial charge in [-0.25, -0.2) is 4.98 Å². The first-order chi connectivity index (χ1) is 14.5. The lowest BCUT2D eigenvalue weighted by Gasteiger charge is -2.18. The molecule has 0 spiro atoms. The molecule has 0 amide bonds. The van der Waals surface area contributed by atoms with E-state index >= 15 is 0 Å². The van der Waals surface area contributed by atoms with Crippen LogP contribution in [0.5, 0.6) is 0 Å². The number of nitrogens with zero attached hydrogens (tertiary/aromatic N) is 3. The molecule has 0 N–H and O–H groups in total. The fourth-order valence-corrected chi connectivity index (χ4v) is 5.19. The first kappa shape index (κ1) is 20.6. The molecule has 0 fully saturated rings. The quantitative estimate of drug-likeness (QED) is 0.320. The summed E-state index contributed by atoms with van der Waals surface area (Å²) >= 11 is 2.72. The Bertz CT molecular complexity index is 1320. The standard InChI is InChI=1S/C23H23N3O2S2/c1-15(2)17-8-5-7-11-20(17)26-21(27)18-9-4-6-10-19(18)24-22(26)29-13-12-25-16(3)14-30-23(25)28/h4-11,14-15H,12-13H2,1-3H3. The summed E-state index contributed by atoms with van der Waals surface area (Å²) in [5.74, 6) is 0.913. The smallest absolute Gasteiger partial charge is 0.303 e. The highest BCUT2D eigenvalue weighted by Gasteiger charge is 2.17. The van der Waals surface area contributed by atoms with E-state index in [1.54, 1.807) is 9.13 Å². The van der Waals surface area contributed by atoms with Gasteiger partial charge in [0.15, 0.2) is 5.16 Å². The minimum absolute atomic E-state index is 0.0436. The summed E-state index contributed by atoms with van der Waals surface area (Å²) in [6.07, 6.45) is 0. The summed E-state index contributed by atoms with van der Waals surface area (Å²) in [6, 6.07) is 15.4. The van der Waals surface area contributed by atoms with Crippen LogP contribution in [0.3, 0.4) is 0 Å². The lowest BCUT2D eigenvalue weighted by molar-refractivity contribution is 0.726. The van der Waals surface area contributed by atoms with E-state index in [1.165, 1.54) is 23.1 Å². The summed E-state index contributed by atoms with van der Waals surface area (Å²) in [5.41, 5.74) is 3.54. The Kier molecular flexibility index (Phi) is 5.92. The van der Waals surface area contributed by atoms with Crippen molar-refractivity contribution in [1.82, 2.24) is 14.1 Å². The maximum Gasteiger partial charge on any atom is 0.307 e. The summed E-state index contributed by atoms with van der Waals surface area (Å²) in [7, 11) is 0. The Morgan fingerprint density at radius 1 is 1.07 bits per heavy atom. The van der Waals surface area contributed by atoms with Crippen LogP contribution in [0.2, 0.25) is 0 Å². The number of aryl methyl sites for hydroxylation is 1. The highest BCUT2D eigenvalue weighted by molar-refractivity contribution is 7.99. The lowest BCUT2D eigenvalue weighted by atomic mass is 10.0. The third kappa shape index (κ3) is 3.87. The van der Waals surface area contributed by atoms with Gasteiger partial charge in [0.1, 0.15) is 0 Å². The minimum atomic E-state index is -0.0694. The number of thioether (sulfide) groups is 1. The first-order valence-corrected chi connectivity index (χ1v) is 11.7. The van der Waals surface area contributed by atoms with Crippen LogP contribution in [-0.4, -0.2) is 19.9 Å². The molecule has 4 rings (SSSR count). The molecule has 2 aromatic carbocycles. The largest absolute Gasteiger partial charge is 0.307 e. The molecule has 0 saturated heterocycles. The topological polar surface area (TPSA) is 56.9 Å². The van der Waals surface area contributed by atoms with Crippen LogP contribution in [0.4, 0.5) is 0 Å². The molecule has 0 saturated carbocycles. The van der Waals surface area contributed by atoms with E-state index in [0.29, 0.717) is 28.4 Å². The Morgan fingerprint density at radius 2 is 1.80 bits per heavy atom. The van der Waals surface area contributed by atoms with E-state index in [2.05, 4.69) is 19.9 Å². The van der Waals surface area contributed by atoms with Gasteiger partial charge in [0, 0.05) is 23.4 Å². The SMILES string of the molecule is Cc1csc(=O)n1CCSc1nc2ccccc2c(=O)n1-c1ccccc1C(C)C. The van der Waals surface area contributed by atoms with E-state index < -0.39 is 0 Å². The van der Waals surface area contributed by atoms with Crippen LogP contribution in [-0.2, 0) is 6.54 Å². The van der Waals surface area contributed by atoms with Gasteiger partial charge in [0.25, 0.3) is 5.56 Å². The lowest BCUT2D eigenvalue weighted by Crippen LogP contribution is -2.23. The van der Waals surface area contributed by atoms with Gasteiger partial charge in [-0.15, -0.1) is 0 Å². The number of thiazole rings is 1. The van der Waals surface area contributed by atoms with Crippen molar-refractivity contribution in [3.05, 3.63) is 85.2 Å². The zero-order valence-electron chi connectivity index (χ0n) is 17.2. The molecular formula is C23H23N3O2S2. The second-order valence-corrected chi connectivity index (χ2v) is 9.29. The van der Waals surface area contributed by atoms with Crippen molar-refractivity contribution in [1.29, 1.82) is 0 Å². The summed E-state index contributed by atoms with van der Waals surface area (Å²) in [6.45, 7) is 6.76. The second kappa shape index (κ2) is 8.62. The predicted molar refractivity (Wildman–Crippen MR) is 125 cm³/mol. The Morgan fingerprint density at radius 3 is 2.53 bits per heavy atom. The molecule has 30 heavy (non-hydrogen) atoms.